The number of aryl methyl sites for hydroxylation is 1. The summed E-state index contributed by atoms with van der Waals surface area (Å²) in [7, 11) is 5.63. The molecule has 1 fully saturated rings. The number of fused-ring (bicyclic) bond motifs is 1. The van der Waals surface area contributed by atoms with Gasteiger partial charge in [0.1, 0.15) is 0 Å². The number of rotatable bonds is 7. The summed E-state index contributed by atoms with van der Waals surface area (Å²) in [5, 5.41) is 11.9. The molecule has 43 heavy (non-hydrogen) atoms. The second kappa shape index (κ2) is 11.9. The summed E-state index contributed by atoms with van der Waals surface area (Å²) >= 11 is 0. The number of aromatic hydroxyl groups is 1. The highest BCUT2D eigenvalue weighted by atomic mass is 16.3. The molecule has 1 aliphatic rings. The van der Waals surface area contributed by atoms with E-state index in [0.29, 0.717) is 22.4 Å². The molecule has 3 aromatic carbocycles. The molecule has 6 rings (SSSR count). The van der Waals surface area contributed by atoms with Crippen LogP contribution >= 0.6 is 0 Å². The Morgan fingerprint density at radius 3 is 2.33 bits per heavy atom. The maximum Gasteiger partial charge on any atom is 0.253 e. The number of hydrogen-bond acceptors (Lipinski definition) is 5. The molecule has 5 aromatic rings. The van der Waals surface area contributed by atoms with Gasteiger partial charge in [-0.05, 0) is 62.5 Å². The minimum absolute atomic E-state index is 0.0141. The third-order valence-electron chi connectivity index (χ3n) is 8.20. The molecule has 1 saturated heterocycles. The Morgan fingerprint density at radius 2 is 1.63 bits per heavy atom. The minimum atomic E-state index is -0.0980. The van der Waals surface area contributed by atoms with Gasteiger partial charge in [0.25, 0.3) is 5.91 Å². The second-order valence-corrected chi connectivity index (χ2v) is 11.5. The maximum absolute atomic E-state index is 12.6. The molecule has 0 aliphatic carbocycles. The largest absolute Gasteiger partial charge is 0.494 e. The van der Waals surface area contributed by atoms with Gasteiger partial charge in [0.2, 0.25) is 0 Å². The number of nitrogens with one attached hydrogen (secondary N) is 1. The number of hydrogen-bond donors (Lipinski definition) is 2. The van der Waals surface area contributed by atoms with E-state index >= 15 is 0 Å². The zero-order chi connectivity index (χ0) is 30.1. The number of carbonyl (C=O) groups is 1. The third-order valence-corrected chi connectivity index (χ3v) is 8.20. The minimum Gasteiger partial charge on any atom is -0.494 e. The first kappa shape index (κ1) is 28.5. The molecular weight excluding hydrogens is 536 g/mol. The average molecular weight is 575 g/mol. The van der Waals surface area contributed by atoms with Gasteiger partial charge in [-0.3, -0.25) is 9.69 Å². The summed E-state index contributed by atoms with van der Waals surface area (Å²) in [6.45, 7) is 7.40. The molecule has 3 heterocycles. The number of amides is 1. The zero-order valence-electron chi connectivity index (χ0n) is 25.2. The van der Waals surface area contributed by atoms with E-state index in [0.717, 1.165) is 55.0 Å². The van der Waals surface area contributed by atoms with Gasteiger partial charge in [-0.15, -0.1) is 0 Å². The smallest absolute Gasteiger partial charge is 0.253 e. The summed E-state index contributed by atoms with van der Waals surface area (Å²) in [6.07, 6.45) is 0. The van der Waals surface area contributed by atoms with Crippen LogP contribution in [0.15, 0.2) is 89.9 Å². The summed E-state index contributed by atoms with van der Waals surface area (Å²) in [4.78, 5) is 27.1. The molecule has 1 amide bonds. The molecule has 2 aromatic heterocycles. The van der Waals surface area contributed by atoms with E-state index in [4.69, 9.17) is 4.99 Å². The SMILES string of the molecule is Cc1ccc(CN2CCN(C)CC2)n1-c1ccc(N=C(c2ccccc2)c2c(O)[nH]c3cc(C(=O)N(C)C)ccc23)cc1. The first-order valence-electron chi connectivity index (χ1n) is 14.7. The normalized spacial score (nSPS) is 14.8. The van der Waals surface area contributed by atoms with Gasteiger partial charge in [-0.2, -0.15) is 0 Å². The second-order valence-electron chi connectivity index (χ2n) is 11.5. The number of nitrogens with zero attached hydrogens (tertiary/aromatic N) is 5. The van der Waals surface area contributed by atoms with Crippen molar-refractivity contribution in [2.24, 2.45) is 4.99 Å². The van der Waals surface area contributed by atoms with Crippen LogP contribution in [0.25, 0.3) is 16.6 Å². The Bertz CT molecular complexity index is 1770. The predicted molar refractivity (Wildman–Crippen MR) is 173 cm³/mol. The number of H-pyrrole nitrogens is 1. The van der Waals surface area contributed by atoms with Crippen molar-refractivity contribution in [1.82, 2.24) is 24.3 Å². The molecule has 2 N–H and O–H groups in total. The van der Waals surface area contributed by atoms with E-state index in [1.54, 1.807) is 26.2 Å². The predicted octanol–water partition coefficient (Wildman–Crippen LogP) is 5.59. The van der Waals surface area contributed by atoms with Gasteiger partial charge in [-0.1, -0.05) is 36.4 Å². The average Bonchev–Trinajstić information content (AvgIpc) is 3.54. The molecule has 0 radical (unpaired) electrons. The zero-order valence-corrected chi connectivity index (χ0v) is 25.2. The van der Waals surface area contributed by atoms with Gasteiger partial charge < -0.3 is 24.5 Å². The van der Waals surface area contributed by atoms with Crippen LogP contribution in [-0.4, -0.2) is 88.3 Å². The standard InChI is InChI=1S/C35H38N6O2/c1-24-10-14-29(23-40-20-18-39(4)19-21-40)41(24)28-15-12-27(13-16-28)36-33(25-8-6-5-7-9-25)32-30-17-11-26(35(43)38(2)3)22-31(30)37-34(32)42/h5-17,22,37,42H,18-21,23H2,1-4H3. The van der Waals surface area contributed by atoms with E-state index in [1.165, 1.54) is 16.3 Å². The topological polar surface area (TPSA) is 80.1 Å². The molecule has 0 saturated carbocycles. The van der Waals surface area contributed by atoms with Crippen LogP contribution in [0.2, 0.25) is 0 Å². The first-order valence-corrected chi connectivity index (χ1v) is 14.7. The number of aliphatic imine (C=N–C) groups is 1. The molecule has 8 nitrogen and oxygen atoms in total. The lowest BCUT2D eigenvalue weighted by Crippen LogP contribution is -2.44. The van der Waals surface area contributed by atoms with Crippen molar-refractivity contribution in [3.63, 3.8) is 0 Å². The number of piperazine rings is 1. The highest BCUT2D eigenvalue weighted by Crippen LogP contribution is 2.32. The van der Waals surface area contributed by atoms with E-state index in [2.05, 4.69) is 57.6 Å². The van der Waals surface area contributed by atoms with Crippen LogP contribution < -0.4 is 0 Å². The van der Waals surface area contributed by atoms with E-state index in [1.807, 2.05) is 48.5 Å². The van der Waals surface area contributed by atoms with E-state index in [-0.39, 0.29) is 11.8 Å². The Balaban J connectivity index is 1.36. The lowest BCUT2D eigenvalue weighted by Gasteiger charge is -2.32. The highest BCUT2D eigenvalue weighted by Gasteiger charge is 2.21. The molecular formula is C35H38N6O2. The first-order chi connectivity index (χ1) is 20.8. The lowest BCUT2D eigenvalue weighted by atomic mass is 10.00. The van der Waals surface area contributed by atoms with Crippen molar-refractivity contribution in [2.75, 3.05) is 47.3 Å². The van der Waals surface area contributed by atoms with Gasteiger partial charge in [0.05, 0.1) is 17.0 Å². The molecule has 1 aliphatic heterocycles. The van der Waals surface area contributed by atoms with Crippen molar-refractivity contribution in [3.05, 3.63) is 113 Å². The molecule has 0 spiro atoms. The number of aromatic nitrogens is 2. The van der Waals surface area contributed by atoms with Gasteiger partial charge in [-0.25, -0.2) is 4.99 Å². The van der Waals surface area contributed by atoms with E-state index in [9.17, 15) is 9.90 Å². The Labute approximate surface area is 252 Å². The fourth-order valence-electron chi connectivity index (χ4n) is 5.80. The third kappa shape index (κ3) is 5.84. The van der Waals surface area contributed by atoms with Crippen LogP contribution in [0.5, 0.6) is 5.88 Å². The number of carbonyl (C=O) groups excluding carboxylic acids is 1. The monoisotopic (exact) mass is 574 g/mol. The van der Waals surface area contributed by atoms with Crippen molar-refractivity contribution in [3.8, 4) is 11.6 Å². The number of likely N-dealkylation sites (N-methyl/N-ethyl adjacent to an activating group) is 1. The summed E-state index contributed by atoms with van der Waals surface area (Å²) in [6, 6.07) is 28.0. The van der Waals surface area contributed by atoms with Crippen LogP contribution in [0.4, 0.5) is 5.69 Å². The molecule has 220 valence electrons. The molecule has 8 heteroatoms. The van der Waals surface area contributed by atoms with Crippen LogP contribution in [0.1, 0.15) is 32.9 Å². The van der Waals surface area contributed by atoms with Crippen LogP contribution in [-0.2, 0) is 6.54 Å². The van der Waals surface area contributed by atoms with Gasteiger partial charge >= 0.3 is 0 Å². The summed E-state index contributed by atoms with van der Waals surface area (Å²) in [5.41, 5.74) is 7.70. The van der Waals surface area contributed by atoms with E-state index < -0.39 is 0 Å². The summed E-state index contributed by atoms with van der Waals surface area (Å²) in [5.74, 6) is -0.0839. The van der Waals surface area contributed by atoms with Crippen molar-refractivity contribution in [2.45, 2.75) is 13.5 Å². The van der Waals surface area contributed by atoms with Crippen LogP contribution in [0.3, 0.4) is 0 Å². The van der Waals surface area contributed by atoms with Crippen molar-refractivity contribution < 1.29 is 9.90 Å². The maximum atomic E-state index is 12.6. The quantitative estimate of drug-likeness (QED) is 0.249. The molecule has 0 unspecified atom stereocenters. The molecule has 0 atom stereocenters. The van der Waals surface area contributed by atoms with Crippen molar-refractivity contribution >= 4 is 28.2 Å². The highest BCUT2D eigenvalue weighted by molar-refractivity contribution is 6.22. The fourth-order valence-corrected chi connectivity index (χ4v) is 5.80. The lowest BCUT2D eigenvalue weighted by molar-refractivity contribution is 0.0827. The number of benzene rings is 3. The van der Waals surface area contributed by atoms with Crippen molar-refractivity contribution in [1.29, 1.82) is 0 Å². The number of aromatic amines is 1. The Morgan fingerprint density at radius 1 is 0.907 bits per heavy atom. The fraction of sp³-hybridized carbons (Fsp3) is 0.257. The summed E-state index contributed by atoms with van der Waals surface area (Å²) < 4.78 is 2.32. The Hall–Kier alpha value is -4.66. The van der Waals surface area contributed by atoms with Crippen LogP contribution in [0, 0.1) is 6.92 Å². The Kier molecular flexibility index (Phi) is 7.88. The molecule has 0 bridgehead atoms. The van der Waals surface area contributed by atoms with Gasteiger partial charge in [0, 0.05) is 85.9 Å². The van der Waals surface area contributed by atoms with Gasteiger partial charge in [0.15, 0.2) is 5.88 Å².